The number of allylic oxidation sites excluding steroid dienone is 3. The first kappa shape index (κ1) is 24.5. The van der Waals surface area contributed by atoms with Crippen molar-refractivity contribution in [1.29, 1.82) is 0 Å². The maximum absolute atomic E-state index is 13.1. The van der Waals surface area contributed by atoms with Crippen molar-refractivity contribution in [3.05, 3.63) is 23.3 Å². The average Bonchev–Trinajstić information content (AvgIpc) is 2.68. The second-order valence-electron chi connectivity index (χ2n) is 7.81. The standard InChI is InChI=1S/C24H40O4/c1-7-11-12-13-14-15-16-21-19(6)18(5)20(8-2)17-24(21,22(25)27-9-3)23(26)28-10-4/h21H,6-17H2,1-5H3. The van der Waals surface area contributed by atoms with Crippen LogP contribution in [-0.4, -0.2) is 25.2 Å². The number of hydrogen-bond donors (Lipinski definition) is 0. The van der Waals surface area contributed by atoms with Gasteiger partial charge in [-0.3, -0.25) is 9.59 Å². The topological polar surface area (TPSA) is 52.6 Å². The number of rotatable bonds is 12. The monoisotopic (exact) mass is 392 g/mol. The van der Waals surface area contributed by atoms with E-state index < -0.39 is 17.4 Å². The smallest absolute Gasteiger partial charge is 0.324 e. The fourth-order valence-corrected chi connectivity index (χ4v) is 4.35. The van der Waals surface area contributed by atoms with Crippen molar-refractivity contribution in [2.45, 2.75) is 92.4 Å². The first-order valence-electron chi connectivity index (χ1n) is 11.1. The lowest BCUT2D eigenvalue weighted by molar-refractivity contribution is -0.176. The molecule has 1 aliphatic carbocycles. The Hall–Kier alpha value is -1.58. The molecule has 1 unspecified atom stereocenters. The van der Waals surface area contributed by atoms with Gasteiger partial charge in [0.15, 0.2) is 5.41 Å². The molecule has 0 heterocycles. The minimum atomic E-state index is -1.29. The van der Waals surface area contributed by atoms with Crippen molar-refractivity contribution >= 4 is 11.9 Å². The van der Waals surface area contributed by atoms with Crippen LogP contribution >= 0.6 is 0 Å². The van der Waals surface area contributed by atoms with Crippen LogP contribution in [0.4, 0.5) is 0 Å². The van der Waals surface area contributed by atoms with E-state index in [1.807, 2.05) is 0 Å². The molecule has 0 bridgehead atoms. The maximum Gasteiger partial charge on any atom is 0.324 e. The molecule has 0 aliphatic heterocycles. The molecule has 1 atom stereocenters. The summed E-state index contributed by atoms with van der Waals surface area (Å²) in [7, 11) is 0. The van der Waals surface area contributed by atoms with Crippen LogP contribution in [0.1, 0.15) is 92.4 Å². The highest BCUT2D eigenvalue weighted by atomic mass is 16.6. The molecule has 1 aliphatic rings. The number of unbranched alkanes of at least 4 members (excludes halogenated alkanes) is 5. The van der Waals surface area contributed by atoms with Gasteiger partial charge in [-0.05, 0) is 51.2 Å². The van der Waals surface area contributed by atoms with Crippen LogP contribution in [0.5, 0.6) is 0 Å². The number of hydrogen-bond acceptors (Lipinski definition) is 4. The van der Waals surface area contributed by atoms with Gasteiger partial charge in [0.25, 0.3) is 0 Å². The van der Waals surface area contributed by atoms with Crippen LogP contribution in [0.2, 0.25) is 0 Å². The van der Waals surface area contributed by atoms with Gasteiger partial charge < -0.3 is 9.47 Å². The van der Waals surface area contributed by atoms with E-state index in [2.05, 4.69) is 27.4 Å². The molecule has 0 fully saturated rings. The van der Waals surface area contributed by atoms with Crippen LogP contribution in [-0.2, 0) is 19.1 Å². The first-order chi connectivity index (χ1) is 13.4. The van der Waals surface area contributed by atoms with E-state index in [0.29, 0.717) is 6.42 Å². The number of carbonyl (C=O) groups is 2. The molecule has 0 amide bonds. The third-order valence-corrected chi connectivity index (χ3v) is 6.07. The zero-order chi connectivity index (χ0) is 21.2. The highest BCUT2D eigenvalue weighted by Gasteiger charge is 2.57. The lowest BCUT2D eigenvalue weighted by Crippen LogP contribution is -2.50. The van der Waals surface area contributed by atoms with Gasteiger partial charge in [-0.2, -0.15) is 0 Å². The van der Waals surface area contributed by atoms with Crippen LogP contribution in [0.15, 0.2) is 23.3 Å². The van der Waals surface area contributed by atoms with Gasteiger partial charge >= 0.3 is 11.9 Å². The molecule has 0 N–H and O–H groups in total. The Balaban J connectivity index is 3.20. The Kier molecular flexibility index (Phi) is 10.6. The molecule has 160 valence electrons. The van der Waals surface area contributed by atoms with Gasteiger partial charge in [-0.1, -0.05) is 64.5 Å². The van der Waals surface area contributed by atoms with Gasteiger partial charge in [-0.25, -0.2) is 0 Å². The second-order valence-corrected chi connectivity index (χ2v) is 7.81. The molecule has 4 nitrogen and oxygen atoms in total. The number of carbonyl (C=O) groups excluding carboxylic acids is 2. The highest BCUT2D eigenvalue weighted by Crippen LogP contribution is 2.51. The van der Waals surface area contributed by atoms with Crippen LogP contribution in [0.25, 0.3) is 0 Å². The zero-order valence-electron chi connectivity index (χ0n) is 18.7. The molecule has 4 heteroatoms. The number of ether oxygens (including phenoxy) is 2. The molecular weight excluding hydrogens is 352 g/mol. The molecule has 0 aromatic carbocycles. The van der Waals surface area contributed by atoms with Crippen molar-refractivity contribution in [2.75, 3.05) is 13.2 Å². The van der Waals surface area contributed by atoms with Crippen molar-refractivity contribution in [3.8, 4) is 0 Å². The summed E-state index contributed by atoms with van der Waals surface area (Å²) in [5, 5.41) is 0. The minimum Gasteiger partial charge on any atom is -0.465 e. The summed E-state index contributed by atoms with van der Waals surface area (Å²) in [5.41, 5.74) is 1.85. The molecule has 0 saturated heterocycles. The van der Waals surface area contributed by atoms with E-state index in [1.165, 1.54) is 25.7 Å². The van der Waals surface area contributed by atoms with E-state index in [1.54, 1.807) is 13.8 Å². The first-order valence-corrected chi connectivity index (χ1v) is 11.1. The second kappa shape index (κ2) is 12.1. The molecule has 0 saturated carbocycles. The van der Waals surface area contributed by atoms with Crippen molar-refractivity contribution in [2.24, 2.45) is 11.3 Å². The van der Waals surface area contributed by atoms with Gasteiger partial charge in [0.2, 0.25) is 0 Å². The van der Waals surface area contributed by atoms with Crippen molar-refractivity contribution in [3.63, 3.8) is 0 Å². The predicted octanol–water partition coefficient (Wildman–Crippen LogP) is 6.15. The summed E-state index contributed by atoms with van der Waals surface area (Å²) in [6.45, 7) is 14.7. The van der Waals surface area contributed by atoms with Gasteiger partial charge in [-0.15, -0.1) is 0 Å². The maximum atomic E-state index is 13.1. The molecular formula is C24H40O4. The summed E-state index contributed by atoms with van der Waals surface area (Å²) in [4.78, 5) is 26.3. The summed E-state index contributed by atoms with van der Waals surface area (Å²) < 4.78 is 10.8. The summed E-state index contributed by atoms with van der Waals surface area (Å²) in [6, 6.07) is 0. The fourth-order valence-electron chi connectivity index (χ4n) is 4.35. The quantitative estimate of drug-likeness (QED) is 0.227. The molecule has 1 rings (SSSR count). The third kappa shape index (κ3) is 5.48. The van der Waals surface area contributed by atoms with Crippen LogP contribution in [0.3, 0.4) is 0 Å². The summed E-state index contributed by atoms with van der Waals surface area (Å²) in [6.07, 6.45) is 8.91. The average molecular weight is 393 g/mol. The Morgan fingerprint density at radius 1 is 0.964 bits per heavy atom. The lowest BCUT2D eigenvalue weighted by Gasteiger charge is -2.42. The molecule has 0 aromatic rings. The molecule has 0 radical (unpaired) electrons. The van der Waals surface area contributed by atoms with Crippen molar-refractivity contribution in [1.82, 2.24) is 0 Å². The van der Waals surface area contributed by atoms with E-state index in [0.717, 1.165) is 42.4 Å². The zero-order valence-corrected chi connectivity index (χ0v) is 18.7. The van der Waals surface area contributed by atoms with Gasteiger partial charge in [0.1, 0.15) is 0 Å². The van der Waals surface area contributed by atoms with E-state index in [9.17, 15) is 9.59 Å². The Morgan fingerprint density at radius 3 is 2.00 bits per heavy atom. The van der Waals surface area contributed by atoms with Crippen LogP contribution in [0, 0.1) is 11.3 Å². The van der Waals surface area contributed by atoms with Crippen LogP contribution < -0.4 is 0 Å². The summed E-state index contributed by atoms with van der Waals surface area (Å²) in [5.74, 6) is -1.17. The summed E-state index contributed by atoms with van der Waals surface area (Å²) >= 11 is 0. The molecule has 28 heavy (non-hydrogen) atoms. The highest BCUT2D eigenvalue weighted by molar-refractivity contribution is 6.02. The minimum absolute atomic E-state index is 0.250. The fraction of sp³-hybridized carbons (Fsp3) is 0.750. The SMILES string of the molecule is C=C1C(C)=C(CC)CC(C(=O)OCC)(C(=O)OCC)C1CCCCCCCC. The largest absolute Gasteiger partial charge is 0.465 e. The van der Waals surface area contributed by atoms with Gasteiger partial charge in [0, 0.05) is 5.92 Å². The lowest BCUT2D eigenvalue weighted by atomic mass is 9.60. The van der Waals surface area contributed by atoms with E-state index in [4.69, 9.17) is 9.47 Å². The van der Waals surface area contributed by atoms with Crippen molar-refractivity contribution < 1.29 is 19.1 Å². The predicted molar refractivity (Wildman–Crippen MR) is 114 cm³/mol. The number of esters is 2. The Labute approximate surface area is 171 Å². The Bertz CT molecular complexity index is 555. The third-order valence-electron chi connectivity index (χ3n) is 6.07. The van der Waals surface area contributed by atoms with E-state index in [-0.39, 0.29) is 19.1 Å². The molecule has 0 spiro atoms. The Morgan fingerprint density at radius 2 is 1.50 bits per heavy atom. The van der Waals surface area contributed by atoms with Gasteiger partial charge in [0.05, 0.1) is 13.2 Å². The van der Waals surface area contributed by atoms with E-state index >= 15 is 0 Å². The normalized spacial score (nSPS) is 18.9. The molecule has 0 aromatic heterocycles.